The van der Waals surface area contributed by atoms with Crippen LogP contribution in [0, 0.1) is 6.92 Å². The number of nitrogens with zero attached hydrogens (tertiary/aromatic N) is 4. The van der Waals surface area contributed by atoms with Crippen molar-refractivity contribution in [2.75, 3.05) is 32.2 Å². The van der Waals surface area contributed by atoms with Gasteiger partial charge in [0.15, 0.2) is 0 Å². The van der Waals surface area contributed by atoms with Gasteiger partial charge in [0.05, 0.1) is 6.54 Å². The van der Waals surface area contributed by atoms with E-state index in [1.54, 1.807) is 36.1 Å². The normalized spacial score (nSPS) is 13.4. The fraction of sp³-hybridized carbons (Fsp3) is 0.429. The molecule has 7 nitrogen and oxygen atoms in total. The second-order valence-electron chi connectivity index (χ2n) is 6.95. The van der Waals surface area contributed by atoms with E-state index in [9.17, 15) is 9.59 Å². The summed E-state index contributed by atoms with van der Waals surface area (Å²) >= 11 is 0. The predicted octanol–water partition coefficient (Wildman–Crippen LogP) is 2.37. The Bertz CT molecular complexity index is 854. The molecule has 0 radical (unpaired) electrons. The molecule has 0 atom stereocenters. The maximum Gasteiger partial charge on any atom is 0.254 e. The second-order valence-corrected chi connectivity index (χ2v) is 6.95. The van der Waals surface area contributed by atoms with Crippen LogP contribution >= 0.6 is 0 Å². The Kier molecular flexibility index (Phi) is 6.36. The minimum Gasteiger partial charge on any atom is -0.385 e. The molecule has 0 fully saturated rings. The number of anilines is 1. The van der Waals surface area contributed by atoms with Crippen LogP contribution < -0.4 is 4.90 Å². The lowest BCUT2D eigenvalue weighted by Crippen LogP contribution is -2.38. The summed E-state index contributed by atoms with van der Waals surface area (Å²) in [6.45, 7) is 3.37. The molecule has 0 spiro atoms. The van der Waals surface area contributed by atoms with Gasteiger partial charge < -0.3 is 9.64 Å². The van der Waals surface area contributed by atoms with Crippen LogP contribution in [0.15, 0.2) is 30.3 Å². The maximum absolute atomic E-state index is 12.6. The number of carbonyl (C=O) groups excluding carboxylic acids is 2. The van der Waals surface area contributed by atoms with E-state index in [-0.39, 0.29) is 18.4 Å². The van der Waals surface area contributed by atoms with Crippen LogP contribution in [0.5, 0.6) is 0 Å². The summed E-state index contributed by atoms with van der Waals surface area (Å²) in [6, 6.07) is 9.12. The molecule has 1 aliphatic rings. The minimum atomic E-state index is -0.0902. The van der Waals surface area contributed by atoms with Crippen LogP contribution in [-0.2, 0) is 22.5 Å². The van der Waals surface area contributed by atoms with Gasteiger partial charge >= 0.3 is 0 Å². The molecule has 2 heterocycles. The van der Waals surface area contributed by atoms with Gasteiger partial charge in [-0.25, -0.2) is 9.97 Å². The molecule has 7 heteroatoms. The Labute approximate surface area is 165 Å². The molecule has 1 aromatic heterocycles. The van der Waals surface area contributed by atoms with Gasteiger partial charge in [-0.3, -0.25) is 14.5 Å². The van der Waals surface area contributed by atoms with Crippen molar-refractivity contribution in [2.45, 2.75) is 32.7 Å². The smallest absolute Gasteiger partial charge is 0.254 e. The molecule has 0 saturated heterocycles. The zero-order valence-electron chi connectivity index (χ0n) is 16.6. The van der Waals surface area contributed by atoms with E-state index < -0.39 is 0 Å². The molecule has 1 aliphatic heterocycles. The highest BCUT2D eigenvalue weighted by atomic mass is 16.5. The van der Waals surface area contributed by atoms with E-state index in [4.69, 9.17) is 4.74 Å². The van der Waals surface area contributed by atoms with Crippen molar-refractivity contribution in [3.8, 4) is 0 Å². The number of benzene rings is 1. The molecule has 2 amide bonds. The van der Waals surface area contributed by atoms with E-state index in [1.807, 2.05) is 25.1 Å². The number of amides is 2. The number of fused-ring (bicyclic) bond motifs is 1. The lowest BCUT2D eigenvalue weighted by molar-refractivity contribution is -0.119. The summed E-state index contributed by atoms with van der Waals surface area (Å²) in [6.07, 6.45) is 1.86. The number of hydrogen-bond donors (Lipinski definition) is 0. The van der Waals surface area contributed by atoms with Crippen LogP contribution in [0.25, 0.3) is 0 Å². The Balaban J connectivity index is 1.82. The van der Waals surface area contributed by atoms with E-state index in [1.165, 1.54) is 0 Å². The summed E-state index contributed by atoms with van der Waals surface area (Å²) in [5, 5.41) is 0. The molecule has 0 N–H and O–H groups in total. The number of aromatic nitrogens is 2. The zero-order valence-corrected chi connectivity index (χ0v) is 16.6. The van der Waals surface area contributed by atoms with Crippen molar-refractivity contribution < 1.29 is 14.3 Å². The van der Waals surface area contributed by atoms with Gasteiger partial charge in [-0.05, 0) is 31.9 Å². The highest BCUT2D eigenvalue weighted by molar-refractivity contribution is 5.95. The first-order valence-electron chi connectivity index (χ1n) is 9.47. The minimum absolute atomic E-state index is 0.0707. The third-order valence-corrected chi connectivity index (χ3v) is 4.86. The third-order valence-electron chi connectivity index (χ3n) is 4.86. The number of methoxy groups -OCH3 is 1. The first-order chi connectivity index (χ1) is 13.5. The van der Waals surface area contributed by atoms with E-state index in [0.29, 0.717) is 43.2 Å². The van der Waals surface area contributed by atoms with Crippen molar-refractivity contribution in [3.05, 3.63) is 53.0 Å². The molecule has 1 aromatic carbocycles. The molecule has 0 saturated carbocycles. The van der Waals surface area contributed by atoms with Crippen molar-refractivity contribution in [1.82, 2.24) is 14.9 Å². The molecule has 2 aromatic rings. The molecule has 148 valence electrons. The summed E-state index contributed by atoms with van der Waals surface area (Å²) in [7, 11) is 3.38. The number of carbonyl (C=O) groups is 2. The van der Waals surface area contributed by atoms with Crippen LogP contribution in [0.3, 0.4) is 0 Å². The highest BCUT2D eigenvalue weighted by Crippen LogP contribution is 2.28. The first-order valence-corrected chi connectivity index (χ1v) is 9.47. The Morgan fingerprint density at radius 3 is 2.68 bits per heavy atom. The molecule has 0 aliphatic carbocycles. The lowest BCUT2D eigenvalue weighted by atomic mass is 10.0. The van der Waals surface area contributed by atoms with Gasteiger partial charge in [-0.2, -0.15) is 0 Å². The Morgan fingerprint density at radius 2 is 1.96 bits per heavy atom. The molecule has 3 rings (SSSR count). The molecule has 0 unspecified atom stereocenters. The first kappa shape index (κ1) is 19.9. The standard InChI is InChI=1S/C21H26N4O3/c1-15-17-10-11-19(26)25(12-7-13-28-3)20(17)23-18(22-15)14-24(2)21(27)16-8-5-4-6-9-16/h4-6,8-9H,7,10-14H2,1-3H3. The van der Waals surface area contributed by atoms with Crippen LogP contribution in [0.1, 0.15) is 40.3 Å². The van der Waals surface area contributed by atoms with E-state index >= 15 is 0 Å². The van der Waals surface area contributed by atoms with Crippen LogP contribution in [-0.4, -0.2) is 54.0 Å². The van der Waals surface area contributed by atoms with Crippen molar-refractivity contribution in [3.63, 3.8) is 0 Å². The number of ether oxygens (including phenoxy) is 1. The Morgan fingerprint density at radius 1 is 1.21 bits per heavy atom. The van der Waals surface area contributed by atoms with Crippen LogP contribution in [0.4, 0.5) is 5.82 Å². The van der Waals surface area contributed by atoms with E-state index in [0.717, 1.165) is 17.7 Å². The average Bonchev–Trinajstić information content (AvgIpc) is 2.69. The zero-order chi connectivity index (χ0) is 20.1. The average molecular weight is 382 g/mol. The fourth-order valence-corrected chi connectivity index (χ4v) is 3.39. The summed E-state index contributed by atoms with van der Waals surface area (Å²) in [5.74, 6) is 1.19. The van der Waals surface area contributed by atoms with Gasteiger partial charge in [0, 0.05) is 50.6 Å². The maximum atomic E-state index is 12.6. The van der Waals surface area contributed by atoms with Gasteiger partial charge in [0.25, 0.3) is 5.91 Å². The monoisotopic (exact) mass is 382 g/mol. The fourth-order valence-electron chi connectivity index (χ4n) is 3.39. The second kappa shape index (κ2) is 8.93. The number of aryl methyl sites for hydroxylation is 1. The van der Waals surface area contributed by atoms with Gasteiger partial charge in [0.1, 0.15) is 11.6 Å². The van der Waals surface area contributed by atoms with Gasteiger partial charge in [-0.1, -0.05) is 18.2 Å². The van der Waals surface area contributed by atoms with Gasteiger partial charge in [0.2, 0.25) is 5.91 Å². The summed E-state index contributed by atoms with van der Waals surface area (Å²) in [4.78, 5) is 37.6. The molecular weight excluding hydrogens is 356 g/mol. The molecule has 28 heavy (non-hydrogen) atoms. The largest absolute Gasteiger partial charge is 0.385 e. The molecule has 0 bridgehead atoms. The van der Waals surface area contributed by atoms with Crippen molar-refractivity contribution in [1.29, 1.82) is 0 Å². The predicted molar refractivity (Wildman–Crippen MR) is 106 cm³/mol. The third kappa shape index (κ3) is 4.36. The van der Waals surface area contributed by atoms with E-state index in [2.05, 4.69) is 9.97 Å². The SMILES string of the molecule is COCCCN1C(=O)CCc2c(C)nc(CN(C)C(=O)c3ccccc3)nc21. The number of rotatable bonds is 7. The lowest BCUT2D eigenvalue weighted by Gasteiger charge is -2.29. The topological polar surface area (TPSA) is 75.6 Å². The highest BCUT2D eigenvalue weighted by Gasteiger charge is 2.28. The Hall–Kier alpha value is -2.80. The quantitative estimate of drug-likeness (QED) is 0.687. The van der Waals surface area contributed by atoms with Crippen LogP contribution in [0.2, 0.25) is 0 Å². The van der Waals surface area contributed by atoms with Crippen molar-refractivity contribution >= 4 is 17.6 Å². The van der Waals surface area contributed by atoms with Gasteiger partial charge in [-0.15, -0.1) is 0 Å². The molecular formula is C21H26N4O3. The van der Waals surface area contributed by atoms with Crippen molar-refractivity contribution in [2.24, 2.45) is 0 Å². The summed E-state index contributed by atoms with van der Waals surface area (Å²) in [5.41, 5.74) is 2.50. The summed E-state index contributed by atoms with van der Waals surface area (Å²) < 4.78 is 5.11. The number of hydrogen-bond acceptors (Lipinski definition) is 5.